The molecule has 0 atom stereocenters. The first-order chi connectivity index (χ1) is 16.3. The lowest BCUT2D eigenvalue weighted by atomic mass is 10.1. The topological polar surface area (TPSA) is 88.5 Å². The second-order valence-corrected chi connectivity index (χ2v) is 9.97. The van der Waals surface area contributed by atoms with Gasteiger partial charge in [-0.05, 0) is 48.9 Å². The van der Waals surface area contributed by atoms with Gasteiger partial charge in [-0.3, -0.25) is 9.59 Å². The highest BCUT2D eigenvalue weighted by Crippen LogP contribution is 2.24. The minimum atomic E-state index is -3.67. The van der Waals surface area contributed by atoms with Crippen molar-refractivity contribution in [3.8, 4) is 0 Å². The van der Waals surface area contributed by atoms with E-state index in [1.807, 2.05) is 28.8 Å². The second kappa shape index (κ2) is 9.40. The minimum Gasteiger partial charge on any atom is -0.331 e. The zero-order valence-corrected chi connectivity index (χ0v) is 20.2. The van der Waals surface area contributed by atoms with Crippen LogP contribution >= 0.6 is 0 Å². The number of hydrogen-bond acceptors (Lipinski definition) is 4. The summed E-state index contributed by atoms with van der Waals surface area (Å²) in [5.41, 5.74) is 2.26. The Balaban J connectivity index is 1.71. The molecule has 7 nitrogen and oxygen atoms in total. The quantitative estimate of drug-likeness (QED) is 0.405. The molecular weight excluding hydrogens is 450 g/mol. The number of nitrogens with one attached hydrogen (secondary N) is 1. The van der Waals surface area contributed by atoms with E-state index in [0.717, 1.165) is 0 Å². The van der Waals surface area contributed by atoms with Crippen LogP contribution in [-0.4, -0.2) is 36.3 Å². The van der Waals surface area contributed by atoms with Crippen molar-refractivity contribution in [3.05, 3.63) is 82.5 Å². The Morgan fingerprint density at radius 1 is 0.912 bits per heavy atom. The van der Waals surface area contributed by atoms with Gasteiger partial charge in [0.05, 0.1) is 15.9 Å². The summed E-state index contributed by atoms with van der Waals surface area (Å²) in [6.07, 6.45) is 0. The molecule has 4 aromatic rings. The van der Waals surface area contributed by atoms with Gasteiger partial charge in [0.1, 0.15) is 6.54 Å². The number of amides is 1. The first-order valence-electron chi connectivity index (χ1n) is 11.2. The second-order valence-electron chi connectivity index (χ2n) is 8.07. The Hall–Kier alpha value is -3.49. The van der Waals surface area contributed by atoms with Gasteiger partial charge in [0, 0.05) is 29.5 Å². The Morgan fingerprint density at radius 3 is 2.03 bits per heavy atom. The number of fused-ring (bicyclic) bond motifs is 2. The Kier molecular flexibility index (Phi) is 6.54. The Labute approximate surface area is 198 Å². The molecule has 1 N–H and O–H groups in total. The fourth-order valence-corrected chi connectivity index (χ4v) is 5.96. The maximum atomic E-state index is 13.1. The number of rotatable bonds is 7. The highest BCUT2D eigenvalue weighted by Gasteiger charge is 2.24. The first kappa shape index (κ1) is 23.7. The lowest BCUT2D eigenvalue weighted by molar-refractivity contribution is -0.116. The van der Waals surface area contributed by atoms with Gasteiger partial charge in [0.15, 0.2) is 5.43 Å². The van der Waals surface area contributed by atoms with Crippen molar-refractivity contribution in [2.24, 2.45) is 0 Å². The van der Waals surface area contributed by atoms with Gasteiger partial charge in [0.25, 0.3) is 0 Å². The molecule has 0 aliphatic rings. The van der Waals surface area contributed by atoms with Crippen molar-refractivity contribution < 1.29 is 13.2 Å². The summed E-state index contributed by atoms with van der Waals surface area (Å²) < 4.78 is 29.3. The highest BCUT2D eigenvalue weighted by molar-refractivity contribution is 7.89. The maximum absolute atomic E-state index is 13.1. The zero-order chi connectivity index (χ0) is 24.5. The summed E-state index contributed by atoms with van der Waals surface area (Å²) in [5, 5.41) is 3.91. The summed E-state index contributed by atoms with van der Waals surface area (Å²) in [4.78, 5) is 26.2. The number of aryl methyl sites for hydroxylation is 1. The molecule has 0 fully saturated rings. The van der Waals surface area contributed by atoms with Crippen molar-refractivity contribution in [1.82, 2.24) is 8.87 Å². The molecule has 1 aromatic heterocycles. The van der Waals surface area contributed by atoms with Crippen molar-refractivity contribution >= 4 is 43.4 Å². The standard InChI is InChI=1S/C26H27N3O4S/c1-4-28(5-2)34(32,33)24-16-19(15-14-18(24)3)27-25(30)17-29-22-12-8-6-10-20(22)26(31)21-11-7-9-13-23(21)29/h6-16H,4-5,17H2,1-3H3,(H,27,30). The molecule has 8 heteroatoms. The van der Waals surface area contributed by atoms with E-state index in [9.17, 15) is 18.0 Å². The summed E-state index contributed by atoms with van der Waals surface area (Å²) in [6.45, 7) is 6.01. The number of carbonyl (C=O) groups is 1. The van der Waals surface area contributed by atoms with E-state index in [2.05, 4.69) is 5.32 Å². The van der Waals surface area contributed by atoms with E-state index in [4.69, 9.17) is 0 Å². The van der Waals surface area contributed by atoms with E-state index in [0.29, 0.717) is 46.1 Å². The van der Waals surface area contributed by atoms with Crippen molar-refractivity contribution in [2.75, 3.05) is 18.4 Å². The molecule has 1 amide bonds. The van der Waals surface area contributed by atoms with Gasteiger partial charge in [0.2, 0.25) is 15.9 Å². The van der Waals surface area contributed by atoms with Crippen LogP contribution in [0.1, 0.15) is 19.4 Å². The van der Waals surface area contributed by atoms with E-state index in [1.54, 1.807) is 57.2 Å². The van der Waals surface area contributed by atoms with Gasteiger partial charge in [-0.2, -0.15) is 4.31 Å². The summed E-state index contributed by atoms with van der Waals surface area (Å²) >= 11 is 0. The Bertz CT molecular complexity index is 1490. The van der Waals surface area contributed by atoms with Crippen LogP contribution in [-0.2, 0) is 21.4 Å². The third-order valence-electron chi connectivity index (χ3n) is 5.98. The molecule has 0 saturated heterocycles. The molecule has 0 saturated carbocycles. The third-order valence-corrected chi connectivity index (χ3v) is 8.17. The van der Waals surface area contributed by atoms with Crippen LogP contribution in [0, 0.1) is 6.92 Å². The summed E-state index contributed by atoms with van der Waals surface area (Å²) in [7, 11) is -3.67. The van der Waals surface area contributed by atoms with Crippen LogP contribution in [0.25, 0.3) is 21.8 Å². The molecule has 0 aliphatic heterocycles. The van der Waals surface area contributed by atoms with Gasteiger partial charge in [-0.25, -0.2) is 8.42 Å². The number of nitrogens with zero attached hydrogens (tertiary/aromatic N) is 2. The van der Waals surface area contributed by atoms with E-state index < -0.39 is 10.0 Å². The smallest absolute Gasteiger partial charge is 0.244 e. The van der Waals surface area contributed by atoms with Crippen molar-refractivity contribution in [1.29, 1.82) is 0 Å². The van der Waals surface area contributed by atoms with Gasteiger partial charge in [-0.15, -0.1) is 0 Å². The number of para-hydroxylation sites is 2. The minimum absolute atomic E-state index is 0.0344. The predicted octanol–water partition coefficient (Wildman–Crippen LogP) is 4.13. The molecule has 0 spiro atoms. The molecular formula is C26H27N3O4S. The van der Waals surface area contributed by atoms with Crippen molar-refractivity contribution in [3.63, 3.8) is 0 Å². The number of sulfonamides is 1. The number of benzene rings is 3. The summed E-state index contributed by atoms with van der Waals surface area (Å²) in [6, 6.07) is 19.3. The average molecular weight is 478 g/mol. The average Bonchev–Trinajstić information content (AvgIpc) is 2.83. The van der Waals surface area contributed by atoms with Crippen LogP contribution in [0.4, 0.5) is 5.69 Å². The molecule has 34 heavy (non-hydrogen) atoms. The number of anilines is 1. The third kappa shape index (κ3) is 4.22. The van der Waals surface area contributed by atoms with Gasteiger partial charge in [-0.1, -0.05) is 44.2 Å². The Morgan fingerprint density at radius 2 is 1.47 bits per heavy atom. The molecule has 0 radical (unpaired) electrons. The maximum Gasteiger partial charge on any atom is 0.244 e. The molecule has 3 aromatic carbocycles. The molecule has 1 heterocycles. The van der Waals surface area contributed by atoms with Crippen LogP contribution in [0.2, 0.25) is 0 Å². The lowest BCUT2D eigenvalue weighted by Gasteiger charge is -2.20. The van der Waals surface area contributed by atoms with E-state index >= 15 is 0 Å². The SMILES string of the molecule is CCN(CC)S(=O)(=O)c1cc(NC(=O)Cn2c3ccccc3c(=O)c3ccccc32)ccc1C. The summed E-state index contributed by atoms with van der Waals surface area (Å²) in [5.74, 6) is -0.325. The van der Waals surface area contributed by atoms with Crippen LogP contribution < -0.4 is 10.7 Å². The first-order valence-corrected chi connectivity index (χ1v) is 12.6. The molecule has 0 aliphatic carbocycles. The number of hydrogen-bond donors (Lipinski definition) is 1. The molecule has 0 bridgehead atoms. The monoisotopic (exact) mass is 477 g/mol. The van der Waals surface area contributed by atoms with Crippen LogP contribution in [0.3, 0.4) is 0 Å². The van der Waals surface area contributed by atoms with Crippen molar-refractivity contribution in [2.45, 2.75) is 32.2 Å². The van der Waals surface area contributed by atoms with Gasteiger partial charge >= 0.3 is 0 Å². The molecule has 4 rings (SSSR count). The number of aromatic nitrogens is 1. The molecule has 0 unspecified atom stereocenters. The number of pyridine rings is 1. The zero-order valence-electron chi connectivity index (χ0n) is 19.4. The van der Waals surface area contributed by atoms with Crippen LogP contribution in [0.15, 0.2) is 76.4 Å². The predicted molar refractivity (Wildman–Crippen MR) is 136 cm³/mol. The fraction of sp³-hybridized carbons (Fsp3) is 0.231. The fourth-order valence-electron chi connectivity index (χ4n) is 4.25. The van der Waals surface area contributed by atoms with E-state index in [-0.39, 0.29) is 22.8 Å². The van der Waals surface area contributed by atoms with Gasteiger partial charge < -0.3 is 9.88 Å². The molecule has 176 valence electrons. The lowest BCUT2D eigenvalue weighted by Crippen LogP contribution is -2.31. The number of carbonyl (C=O) groups excluding carboxylic acids is 1. The highest BCUT2D eigenvalue weighted by atomic mass is 32.2. The normalized spacial score (nSPS) is 11.9. The largest absolute Gasteiger partial charge is 0.331 e. The van der Waals surface area contributed by atoms with E-state index in [1.165, 1.54) is 10.4 Å². The van der Waals surface area contributed by atoms with Crippen LogP contribution in [0.5, 0.6) is 0 Å².